The summed E-state index contributed by atoms with van der Waals surface area (Å²) in [6, 6.07) is 3.69. The highest BCUT2D eigenvalue weighted by molar-refractivity contribution is 5.48. The monoisotopic (exact) mass is 253 g/mol. The van der Waals surface area contributed by atoms with Gasteiger partial charge in [-0.2, -0.15) is 0 Å². The first-order chi connectivity index (χ1) is 8.80. The van der Waals surface area contributed by atoms with E-state index in [4.69, 9.17) is 9.47 Å². The van der Waals surface area contributed by atoms with Crippen LogP contribution in [-0.2, 0) is 6.67 Å². The van der Waals surface area contributed by atoms with Crippen LogP contribution in [0.2, 0.25) is 0 Å². The molecule has 0 amide bonds. The van der Waals surface area contributed by atoms with E-state index in [1.165, 1.54) is 0 Å². The summed E-state index contributed by atoms with van der Waals surface area (Å²) in [5.41, 5.74) is 1.68. The topological polar surface area (TPSA) is 30.5 Å². The molecule has 0 unspecified atom stereocenters. The lowest BCUT2D eigenvalue weighted by Gasteiger charge is -2.25. The van der Waals surface area contributed by atoms with Crippen LogP contribution < -0.4 is 14.8 Å². The molecule has 0 atom stereocenters. The Hall–Kier alpha value is -1.29. The standard InChI is InChI=1S/C14H20FNO2/c1-17-13-8-12(10-3-5-16-6-4-10)14(18-2)7-11(13)9-15/h7-8,10,16H,3-6,9H2,1-2H3. The first-order valence-corrected chi connectivity index (χ1v) is 6.31. The lowest BCUT2D eigenvalue weighted by molar-refractivity contribution is 0.372. The minimum absolute atomic E-state index is 0.462. The molecule has 0 aliphatic carbocycles. The van der Waals surface area contributed by atoms with E-state index < -0.39 is 6.67 Å². The zero-order valence-electron chi connectivity index (χ0n) is 11.0. The second-order valence-electron chi connectivity index (χ2n) is 4.56. The Balaban J connectivity index is 2.37. The van der Waals surface area contributed by atoms with Gasteiger partial charge >= 0.3 is 0 Å². The quantitative estimate of drug-likeness (QED) is 0.894. The number of alkyl halides is 1. The molecule has 1 heterocycles. The van der Waals surface area contributed by atoms with Crippen LogP contribution in [-0.4, -0.2) is 27.3 Å². The number of halogens is 1. The van der Waals surface area contributed by atoms with Gasteiger partial charge in [-0.25, -0.2) is 4.39 Å². The molecule has 18 heavy (non-hydrogen) atoms. The van der Waals surface area contributed by atoms with E-state index in [1.54, 1.807) is 20.3 Å². The molecule has 3 nitrogen and oxygen atoms in total. The third-order valence-electron chi connectivity index (χ3n) is 3.56. The second-order valence-corrected chi connectivity index (χ2v) is 4.56. The summed E-state index contributed by atoms with van der Waals surface area (Å²) >= 11 is 0. The van der Waals surface area contributed by atoms with Crippen LogP contribution in [0.25, 0.3) is 0 Å². The van der Waals surface area contributed by atoms with Crippen molar-refractivity contribution in [1.29, 1.82) is 0 Å². The highest BCUT2D eigenvalue weighted by atomic mass is 19.1. The number of piperidine rings is 1. The molecule has 100 valence electrons. The fourth-order valence-corrected chi connectivity index (χ4v) is 2.54. The molecule has 1 N–H and O–H groups in total. The molecule has 4 heteroatoms. The molecule has 0 radical (unpaired) electrons. The Labute approximate surface area is 107 Å². The van der Waals surface area contributed by atoms with Gasteiger partial charge in [-0.05, 0) is 44.0 Å². The number of hydrogen-bond donors (Lipinski definition) is 1. The molecule has 2 rings (SSSR count). The summed E-state index contributed by atoms with van der Waals surface area (Å²) in [4.78, 5) is 0. The van der Waals surface area contributed by atoms with Gasteiger partial charge in [0, 0.05) is 11.1 Å². The summed E-state index contributed by atoms with van der Waals surface area (Å²) < 4.78 is 23.6. The third-order valence-corrected chi connectivity index (χ3v) is 3.56. The van der Waals surface area contributed by atoms with Crippen molar-refractivity contribution < 1.29 is 13.9 Å². The Kier molecular flexibility index (Phi) is 4.42. The number of ether oxygens (including phenoxy) is 2. The molecular weight excluding hydrogens is 233 g/mol. The molecule has 0 spiro atoms. The summed E-state index contributed by atoms with van der Waals surface area (Å²) in [7, 11) is 3.21. The van der Waals surface area contributed by atoms with E-state index in [9.17, 15) is 4.39 Å². The van der Waals surface area contributed by atoms with Gasteiger partial charge in [-0.15, -0.1) is 0 Å². The van der Waals surface area contributed by atoms with Gasteiger partial charge in [-0.1, -0.05) is 0 Å². The van der Waals surface area contributed by atoms with E-state index in [0.29, 0.717) is 17.2 Å². The molecule has 0 bridgehead atoms. The molecule has 1 aromatic rings. The van der Waals surface area contributed by atoms with E-state index in [0.717, 1.165) is 37.2 Å². The van der Waals surface area contributed by atoms with Crippen molar-refractivity contribution in [1.82, 2.24) is 5.32 Å². The lowest BCUT2D eigenvalue weighted by Crippen LogP contribution is -2.26. The molecular formula is C14H20FNO2. The van der Waals surface area contributed by atoms with Gasteiger partial charge in [0.1, 0.15) is 18.2 Å². The predicted molar refractivity (Wildman–Crippen MR) is 69.2 cm³/mol. The van der Waals surface area contributed by atoms with Gasteiger partial charge < -0.3 is 14.8 Å². The minimum atomic E-state index is -0.536. The molecule has 1 aliphatic rings. The van der Waals surface area contributed by atoms with E-state index in [2.05, 4.69) is 5.32 Å². The van der Waals surface area contributed by atoms with Gasteiger partial charge in [0.05, 0.1) is 14.2 Å². The molecule has 1 fully saturated rings. The van der Waals surface area contributed by atoms with E-state index in [-0.39, 0.29) is 0 Å². The Morgan fingerprint density at radius 2 is 1.83 bits per heavy atom. The number of rotatable bonds is 4. The average Bonchev–Trinajstić information content (AvgIpc) is 2.46. The third kappa shape index (κ3) is 2.58. The summed E-state index contributed by atoms with van der Waals surface area (Å²) in [6.07, 6.45) is 2.16. The number of benzene rings is 1. The van der Waals surface area contributed by atoms with Gasteiger partial charge in [0.25, 0.3) is 0 Å². The molecule has 0 saturated carbocycles. The molecule has 1 aromatic carbocycles. The predicted octanol–water partition coefficient (Wildman–Crippen LogP) is 2.64. The zero-order valence-corrected chi connectivity index (χ0v) is 11.0. The minimum Gasteiger partial charge on any atom is -0.496 e. The van der Waals surface area contributed by atoms with Crippen LogP contribution in [0.3, 0.4) is 0 Å². The second kappa shape index (κ2) is 6.05. The van der Waals surface area contributed by atoms with Crippen molar-refractivity contribution in [2.45, 2.75) is 25.4 Å². The smallest absolute Gasteiger partial charge is 0.125 e. The first kappa shape index (κ1) is 13.1. The van der Waals surface area contributed by atoms with Gasteiger partial charge in [0.15, 0.2) is 0 Å². The average molecular weight is 253 g/mol. The Bertz CT molecular complexity index is 403. The van der Waals surface area contributed by atoms with Gasteiger partial charge in [0.2, 0.25) is 0 Å². The largest absolute Gasteiger partial charge is 0.496 e. The molecule has 1 saturated heterocycles. The highest BCUT2D eigenvalue weighted by Crippen LogP contribution is 2.37. The van der Waals surface area contributed by atoms with Crippen molar-refractivity contribution in [3.63, 3.8) is 0 Å². The van der Waals surface area contributed by atoms with Crippen molar-refractivity contribution >= 4 is 0 Å². The van der Waals surface area contributed by atoms with Crippen LogP contribution in [0, 0.1) is 0 Å². The normalized spacial score (nSPS) is 16.6. The summed E-state index contributed by atoms with van der Waals surface area (Å²) in [6.45, 7) is 1.49. The van der Waals surface area contributed by atoms with Crippen molar-refractivity contribution in [2.75, 3.05) is 27.3 Å². The number of methoxy groups -OCH3 is 2. The van der Waals surface area contributed by atoms with Crippen molar-refractivity contribution in [2.24, 2.45) is 0 Å². The maximum atomic E-state index is 12.9. The van der Waals surface area contributed by atoms with E-state index in [1.807, 2.05) is 6.07 Å². The fraction of sp³-hybridized carbons (Fsp3) is 0.571. The SMILES string of the molecule is COc1cc(C2CCNCC2)c(OC)cc1CF. The number of hydrogen-bond acceptors (Lipinski definition) is 3. The van der Waals surface area contributed by atoms with Crippen molar-refractivity contribution in [3.05, 3.63) is 23.3 Å². The molecule has 0 aromatic heterocycles. The van der Waals surface area contributed by atoms with E-state index >= 15 is 0 Å². The Morgan fingerprint density at radius 1 is 1.17 bits per heavy atom. The Morgan fingerprint density at radius 3 is 2.39 bits per heavy atom. The summed E-state index contributed by atoms with van der Waals surface area (Å²) in [5, 5.41) is 3.34. The highest BCUT2D eigenvalue weighted by Gasteiger charge is 2.21. The first-order valence-electron chi connectivity index (χ1n) is 6.31. The molecule has 1 aliphatic heterocycles. The maximum Gasteiger partial charge on any atom is 0.125 e. The van der Waals surface area contributed by atoms with Gasteiger partial charge in [-0.3, -0.25) is 0 Å². The van der Waals surface area contributed by atoms with Crippen LogP contribution >= 0.6 is 0 Å². The number of nitrogens with one attached hydrogen (secondary N) is 1. The van der Waals surface area contributed by atoms with Crippen LogP contribution in [0.1, 0.15) is 29.9 Å². The summed E-state index contributed by atoms with van der Waals surface area (Å²) in [5.74, 6) is 1.85. The fourth-order valence-electron chi connectivity index (χ4n) is 2.54. The van der Waals surface area contributed by atoms with Crippen LogP contribution in [0.15, 0.2) is 12.1 Å². The van der Waals surface area contributed by atoms with Crippen LogP contribution in [0.5, 0.6) is 11.5 Å². The zero-order chi connectivity index (χ0) is 13.0. The van der Waals surface area contributed by atoms with Crippen LogP contribution in [0.4, 0.5) is 4.39 Å². The lowest BCUT2D eigenvalue weighted by atomic mass is 9.88. The van der Waals surface area contributed by atoms with Crippen molar-refractivity contribution in [3.8, 4) is 11.5 Å². The maximum absolute atomic E-state index is 12.9.